The van der Waals surface area contributed by atoms with Gasteiger partial charge in [0, 0.05) is 11.8 Å². The predicted molar refractivity (Wildman–Crippen MR) is 48.4 cm³/mol. The minimum absolute atomic E-state index is 0.267. The third kappa shape index (κ3) is 1.54. The quantitative estimate of drug-likeness (QED) is 0.637. The second-order valence-corrected chi connectivity index (χ2v) is 4.38. The maximum absolute atomic E-state index is 11.5. The number of primary amides is 1. The van der Waals surface area contributed by atoms with E-state index in [1.807, 2.05) is 20.8 Å². The molecule has 0 aromatic carbocycles. The van der Waals surface area contributed by atoms with Crippen LogP contribution in [0.5, 0.6) is 0 Å². The smallest absolute Gasteiger partial charge is 0.405 e. The minimum Gasteiger partial charge on any atom is -0.463 e. The van der Waals surface area contributed by atoms with Crippen molar-refractivity contribution >= 4 is 12.1 Å². The summed E-state index contributed by atoms with van der Waals surface area (Å²) in [6.07, 6.45) is -0.586. The number of cyclic esters (lactones) is 1. The van der Waals surface area contributed by atoms with Crippen molar-refractivity contribution in [3.8, 4) is 0 Å². The number of hydrogen-bond acceptors (Lipinski definition) is 4. The number of carbonyl (C=O) groups excluding carboxylic acids is 2. The Morgan fingerprint density at radius 3 is 2.43 bits per heavy atom. The number of carbonyl (C=O) groups is 2. The fourth-order valence-corrected chi connectivity index (χ4v) is 1.60. The Kier molecular flexibility index (Phi) is 2.43. The third-order valence-electron chi connectivity index (χ3n) is 2.50. The molecule has 1 fully saturated rings. The summed E-state index contributed by atoms with van der Waals surface area (Å²) in [7, 11) is 0. The van der Waals surface area contributed by atoms with Crippen LogP contribution in [0, 0.1) is 5.41 Å². The molecule has 1 heterocycles. The molecule has 5 nitrogen and oxygen atoms in total. The van der Waals surface area contributed by atoms with Crippen molar-refractivity contribution < 1.29 is 19.1 Å². The van der Waals surface area contributed by atoms with E-state index in [9.17, 15) is 9.59 Å². The summed E-state index contributed by atoms with van der Waals surface area (Å²) in [5, 5.41) is 0. The van der Waals surface area contributed by atoms with E-state index >= 15 is 0 Å². The lowest BCUT2D eigenvalue weighted by Crippen LogP contribution is -2.51. The van der Waals surface area contributed by atoms with Gasteiger partial charge in [0.05, 0.1) is 6.61 Å². The maximum atomic E-state index is 11.5. The fourth-order valence-electron chi connectivity index (χ4n) is 1.60. The molecule has 80 valence electrons. The van der Waals surface area contributed by atoms with Crippen LogP contribution in [0.25, 0.3) is 0 Å². The van der Waals surface area contributed by atoms with Gasteiger partial charge in [0.25, 0.3) is 0 Å². The molecule has 0 spiro atoms. The highest BCUT2D eigenvalue weighted by Gasteiger charge is 2.56. The van der Waals surface area contributed by atoms with Gasteiger partial charge in [-0.25, -0.2) is 9.59 Å². The SMILES string of the molecule is CC(C)(C)C1(OC(N)=O)CCOC1=O. The summed E-state index contributed by atoms with van der Waals surface area (Å²) in [5.74, 6) is -0.510. The Hall–Kier alpha value is -1.26. The van der Waals surface area contributed by atoms with E-state index in [2.05, 4.69) is 0 Å². The van der Waals surface area contributed by atoms with Crippen molar-refractivity contribution in [3.05, 3.63) is 0 Å². The Bertz CT molecular complexity index is 268. The monoisotopic (exact) mass is 201 g/mol. The van der Waals surface area contributed by atoms with Crippen molar-refractivity contribution in [3.63, 3.8) is 0 Å². The van der Waals surface area contributed by atoms with Crippen LogP contribution in [-0.2, 0) is 14.3 Å². The molecule has 14 heavy (non-hydrogen) atoms. The van der Waals surface area contributed by atoms with E-state index in [0.29, 0.717) is 6.42 Å². The van der Waals surface area contributed by atoms with Gasteiger partial charge < -0.3 is 15.2 Å². The van der Waals surface area contributed by atoms with Crippen LogP contribution in [0.1, 0.15) is 27.2 Å². The first-order valence-electron chi connectivity index (χ1n) is 4.45. The van der Waals surface area contributed by atoms with Gasteiger partial charge in [-0.1, -0.05) is 20.8 Å². The molecule has 1 unspecified atom stereocenters. The summed E-state index contributed by atoms with van der Waals surface area (Å²) in [5.41, 5.74) is 3.21. The van der Waals surface area contributed by atoms with Crippen molar-refractivity contribution in [2.24, 2.45) is 11.1 Å². The van der Waals surface area contributed by atoms with Crippen LogP contribution >= 0.6 is 0 Å². The molecule has 0 aromatic heterocycles. The number of nitrogens with two attached hydrogens (primary N) is 1. The standard InChI is InChI=1S/C9H15NO4/c1-8(2,3)9(14-7(10)12)4-5-13-6(9)11/h4-5H2,1-3H3,(H2,10,12). The zero-order valence-electron chi connectivity index (χ0n) is 8.62. The van der Waals surface area contributed by atoms with Crippen LogP contribution in [-0.4, -0.2) is 24.3 Å². The third-order valence-corrected chi connectivity index (χ3v) is 2.50. The van der Waals surface area contributed by atoms with Crippen molar-refractivity contribution in [2.75, 3.05) is 6.61 Å². The lowest BCUT2D eigenvalue weighted by molar-refractivity contribution is -0.162. The Morgan fingerprint density at radius 2 is 2.14 bits per heavy atom. The molecule has 1 atom stereocenters. The molecule has 0 radical (unpaired) electrons. The van der Waals surface area contributed by atoms with E-state index in [4.69, 9.17) is 15.2 Å². The molecule has 1 rings (SSSR count). The normalized spacial score (nSPS) is 27.2. The topological polar surface area (TPSA) is 78.6 Å². The van der Waals surface area contributed by atoms with E-state index < -0.39 is 23.1 Å². The lowest BCUT2D eigenvalue weighted by atomic mass is 9.75. The second-order valence-electron chi connectivity index (χ2n) is 4.38. The number of esters is 1. The molecule has 5 heteroatoms. The van der Waals surface area contributed by atoms with Crippen LogP contribution in [0.2, 0.25) is 0 Å². The van der Waals surface area contributed by atoms with Crippen LogP contribution in [0.3, 0.4) is 0 Å². The van der Waals surface area contributed by atoms with Gasteiger partial charge in [0.15, 0.2) is 0 Å². The summed E-state index contributed by atoms with van der Waals surface area (Å²) in [6.45, 7) is 5.69. The molecule has 2 N–H and O–H groups in total. The van der Waals surface area contributed by atoms with E-state index in [0.717, 1.165) is 0 Å². The van der Waals surface area contributed by atoms with Gasteiger partial charge in [-0.2, -0.15) is 0 Å². The molecule has 0 aliphatic carbocycles. The highest BCUT2D eigenvalue weighted by atomic mass is 16.6. The zero-order valence-corrected chi connectivity index (χ0v) is 8.62. The summed E-state index contributed by atoms with van der Waals surface area (Å²) in [4.78, 5) is 22.3. The molecule has 1 saturated heterocycles. The van der Waals surface area contributed by atoms with Gasteiger partial charge in [-0.3, -0.25) is 0 Å². The van der Waals surface area contributed by atoms with Crippen LogP contribution < -0.4 is 5.73 Å². The molecule has 0 aromatic rings. The second kappa shape index (κ2) is 3.15. The molecule has 0 saturated carbocycles. The zero-order chi connectivity index (χ0) is 11.0. The first kappa shape index (κ1) is 10.8. The summed E-state index contributed by atoms with van der Waals surface area (Å²) >= 11 is 0. The van der Waals surface area contributed by atoms with E-state index in [-0.39, 0.29) is 6.61 Å². The largest absolute Gasteiger partial charge is 0.463 e. The Balaban J connectivity index is 3.02. The number of hydrogen-bond donors (Lipinski definition) is 1. The molecule has 0 bridgehead atoms. The first-order valence-corrected chi connectivity index (χ1v) is 4.45. The lowest BCUT2D eigenvalue weighted by Gasteiger charge is -2.36. The fraction of sp³-hybridized carbons (Fsp3) is 0.778. The predicted octanol–water partition coefficient (Wildman–Crippen LogP) is 0.814. The highest BCUT2D eigenvalue weighted by Crippen LogP contribution is 2.41. The average molecular weight is 201 g/mol. The molecular formula is C9H15NO4. The summed E-state index contributed by atoms with van der Waals surface area (Å²) < 4.78 is 9.76. The highest BCUT2D eigenvalue weighted by molar-refractivity contribution is 5.85. The number of ether oxygens (including phenoxy) is 2. The van der Waals surface area contributed by atoms with E-state index in [1.165, 1.54) is 0 Å². The Labute approximate surface area is 82.5 Å². The van der Waals surface area contributed by atoms with Gasteiger partial charge in [-0.15, -0.1) is 0 Å². The minimum atomic E-state index is -1.22. The van der Waals surface area contributed by atoms with E-state index in [1.54, 1.807) is 0 Å². The van der Waals surface area contributed by atoms with Crippen molar-refractivity contribution in [1.82, 2.24) is 0 Å². The molecule has 1 aliphatic rings. The summed E-state index contributed by atoms with van der Waals surface area (Å²) in [6, 6.07) is 0. The Morgan fingerprint density at radius 1 is 1.57 bits per heavy atom. The maximum Gasteiger partial charge on any atom is 0.405 e. The van der Waals surface area contributed by atoms with Crippen molar-refractivity contribution in [2.45, 2.75) is 32.8 Å². The van der Waals surface area contributed by atoms with Gasteiger partial charge in [0.1, 0.15) is 0 Å². The first-order chi connectivity index (χ1) is 6.29. The van der Waals surface area contributed by atoms with Crippen LogP contribution in [0.4, 0.5) is 4.79 Å². The number of rotatable bonds is 1. The molecule has 1 aliphatic heterocycles. The van der Waals surface area contributed by atoms with Crippen LogP contribution in [0.15, 0.2) is 0 Å². The number of amides is 1. The van der Waals surface area contributed by atoms with Gasteiger partial charge in [-0.05, 0) is 0 Å². The molecular weight excluding hydrogens is 186 g/mol. The van der Waals surface area contributed by atoms with Gasteiger partial charge in [0.2, 0.25) is 5.60 Å². The van der Waals surface area contributed by atoms with Gasteiger partial charge >= 0.3 is 12.1 Å². The molecule has 1 amide bonds. The average Bonchev–Trinajstić information content (AvgIpc) is 2.30. The van der Waals surface area contributed by atoms with Crippen molar-refractivity contribution in [1.29, 1.82) is 0 Å².